The van der Waals surface area contributed by atoms with Gasteiger partial charge in [-0.25, -0.2) is 0 Å². The Kier molecular flexibility index (Phi) is 8.60. The number of nitrogens with zero attached hydrogens (tertiary/aromatic N) is 1. The summed E-state index contributed by atoms with van der Waals surface area (Å²) in [5.41, 5.74) is 15.6. The van der Waals surface area contributed by atoms with Gasteiger partial charge in [0, 0.05) is 39.2 Å². The molecule has 2 aliphatic rings. The molecule has 0 amide bonds. The topological polar surface area (TPSA) is 36.6 Å². The Morgan fingerprint density at radius 1 is 0.431 bits per heavy atom. The lowest BCUT2D eigenvalue weighted by atomic mass is 9.81. The first kappa shape index (κ1) is 39.2. The van der Waals surface area contributed by atoms with Crippen LogP contribution in [0.1, 0.15) is 68.2 Å². The number of benzene rings is 9. The molecule has 65 heavy (non-hydrogen) atoms. The number of aliphatic hydroxyl groups is 1. The lowest BCUT2D eigenvalue weighted by Crippen LogP contribution is -2.27. The Balaban J connectivity index is 0.996. The fourth-order valence-electron chi connectivity index (χ4n) is 10.8. The fraction of sp³-hybridized carbons (Fsp3) is 0.129. The molecule has 1 atom stereocenters. The molecule has 0 radical (unpaired) electrons. The Bertz CT molecular complexity index is 3510. The molecule has 2 aliphatic carbocycles. The standard InChI is InChI=1S/C62H49NO2/c1-60(2,3)44-25-30-52-54-35-43(39-13-7-6-8-14-39)24-32-56(54)62(64,58(52)36-44)59-49(33-34-65-59)41-21-26-45(27-22-41)63(46-28-23-42-20-19-40-15-9-10-16-48(40)53(42)37-46)47-29-31-51-50-17-11-12-18-55(50)61(4,5)57(51)38-47/h6-38,64H,1-5H3. The van der Waals surface area contributed by atoms with Crippen molar-refractivity contribution in [2.75, 3.05) is 4.90 Å². The molecular weight excluding hydrogens is 791 g/mol. The lowest BCUT2D eigenvalue weighted by molar-refractivity contribution is 0.104. The highest BCUT2D eigenvalue weighted by Gasteiger charge is 2.47. The molecule has 1 N–H and O–H groups in total. The largest absolute Gasteiger partial charge is 0.465 e. The quantitative estimate of drug-likeness (QED) is 0.170. The van der Waals surface area contributed by atoms with Gasteiger partial charge in [-0.3, -0.25) is 0 Å². The predicted octanol–water partition coefficient (Wildman–Crippen LogP) is 16.3. The van der Waals surface area contributed by atoms with Crippen molar-refractivity contribution in [3.8, 4) is 44.5 Å². The zero-order chi connectivity index (χ0) is 44.2. The summed E-state index contributed by atoms with van der Waals surface area (Å²) < 4.78 is 6.48. The van der Waals surface area contributed by atoms with E-state index in [-0.39, 0.29) is 10.8 Å². The maximum absolute atomic E-state index is 13.4. The molecule has 10 aromatic rings. The van der Waals surface area contributed by atoms with E-state index < -0.39 is 5.60 Å². The Labute approximate surface area is 380 Å². The molecule has 3 heteroatoms. The number of fused-ring (bicyclic) bond motifs is 9. The van der Waals surface area contributed by atoms with Gasteiger partial charge in [-0.1, -0.05) is 180 Å². The average Bonchev–Trinajstić information content (AvgIpc) is 3.99. The van der Waals surface area contributed by atoms with Gasteiger partial charge in [0.1, 0.15) is 0 Å². The number of hydrogen-bond acceptors (Lipinski definition) is 3. The molecule has 0 saturated heterocycles. The molecule has 0 bridgehead atoms. The molecule has 1 aromatic heterocycles. The second-order valence-corrected chi connectivity index (χ2v) is 19.5. The van der Waals surface area contributed by atoms with Crippen molar-refractivity contribution in [3.05, 3.63) is 234 Å². The molecule has 314 valence electrons. The van der Waals surface area contributed by atoms with Crippen molar-refractivity contribution in [2.24, 2.45) is 0 Å². The summed E-state index contributed by atoms with van der Waals surface area (Å²) in [5, 5.41) is 18.3. The second kappa shape index (κ2) is 14.3. The number of rotatable bonds is 6. The third-order valence-electron chi connectivity index (χ3n) is 14.3. The molecule has 12 rings (SSSR count). The molecule has 9 aromatic carbocycles. The molecule has 0 saturated carbocycles. The van der Waals surface area contributed by atoms with E-state index in [1.54, 1.807) is 6.26 Å². The number of hydrogen-bond donors (Lipinski definition) is 1. The van der Waals surface area contributed by atoms with Crippen LogP contribution in [0.3, 0.4) is 0 Å². The highest BCUT2D eigenvalue weighted by Crippen LogP contribution is 2.55. The molecule has 3 nitrogen and oxygen atoms in total. The summed E-state index contributed by atoms with van der Waals surface area (Å²) in [5.74, 6) is 0.516. The van der Waals surface area contributed by atoms with Crippen molar-refractivity contribution in [1.82, 2.24) is 0 Å². The van der Waals surface area contributed by atoms with Crippen LogP contribution in [0.25, 0.3) is 66.1 Å². The zero-order valence-electron chi connectivity index (χ0n) is 37.4. The SMILES string of the molecule is CC(C)(C)c1ccc2c(c1)C(O)(c1occc1-c1ccc(N(c3ccc4c(c3)C(C)(C)c3ccccc3-4)c3ccc4ccc5ccccc5c4c3)cc1)c1ccc(-c3ccccc3)cc1-2. The van der Waals surface area contributed by atoms with E-state index in [4.69, 9.17) is 4.42 Å². The summed E-state index contributed by atoms with van der Waals surface area (Å²) in [7, 11) is 0. The van der Waals surface area contributed by atoms with Crippen molar-refractivity contribution in [1.29, 1.82) is 0 Å². The molecule has 1 heterocycles. The van der Waals surface area contributed by atoms with Gasteiger partial charge >= 0.3 is 0 Å². The highest BCUT2D eigenvalue weighted by atomic mass is 16.4. The third-order valence-corrected chi connectivity index (χ3v) is 14.3. The van der Waals surface area contributed by atoms with Gasteiger partial charge in [-0.15, -0.1) is 0 Å². The van der Waals surface area contributed by atoms with Gasteiger partial charge in [0.25, 0.3) is 0 Å². The highest BCUT2D eigenvalue weighted by molar-refractivity contribution is 6.09. The van der Waals surface area contributed by atoms with Crippen LogP contribution in [0.5, 0.6) is 0 Å². The summed E-state index contributed by atoms with van der Waals surface area (Å²) in [6, 6.07) is 69.9. The molecular formula is C62H49NO2. The average molecular weight is 840 g/mol. The molecule has 0 aliphatic heterocycles. The van der Waals surface area contributed by atoms with Crippen molar-refractivity contribution >= 4 is 38.6 Å². The Hall–Kier alpha value is -7.46. The zero-order valence-corrected chi connectivity index (χ0v) is 37.4. The van der Waals surface area contributed by atoms with Crippen molar-refractivity contribution in [3.63, 3.8) is 0 Å². The van der Waals surface area contributed by atoms with Crippen molar-refractivity contribution < 1.29 is 9.52 Å². The first-order valence-corrected chi connectivity index (χ1v) is 22.7. The minimum absolute atomic E-state index is 0.121. The first-order valence-electron chi connectivity index (χ1n) is 22.7. The maximum atomic E-state index is 13.4. The smallest absolute Gasteiger partial charge is 0.174 e. The Morgan fingerprint density at radius 2 is 1.06 bits per heavy atom. The third kappa shape index (κ3) is 5.99. The minimum atomic E-state index is -1.52. The molecule has 1 unspecified atom stereocenters. The maximum Gasteiger partial charge on any atom is 0.174 e. The van der Waals surface area contributed by atoms with Crippen LogP contribution in [0.2, 0.25) is 0 Å². The van der Waals surface area contributed by atoms with Gasteiger partial charge in [-0.2, -0.15) is 0 Å². The monoisotopic (exact) mass is 839 g/mol. The van der Waals surface area contributed by atoms with Gasteiger partial charge in [-0.05, 0) is 131 Å². The van der Waals surface area contributed by atoms with Gasteiger partial charge < -0.3 is 14.4 Å². The second-order valence-electron chi connectivity index (χ2n) is 19.5. The van der Waals surface area contributed by atoms with Crippen LogP contribution < -0.4 is 4.90 Å². The summed E-state index contributed by atoms with van der Waals surface area (Å²) in [6.07, 6.45) is 1.72. The van der Waals surface area contributed by atoms with Gasteiger partial charge in [0.05, 0.1) is 6.26 Å². The normalized spacial score (nSPS) is 15.7. The Morgan fingerprint density at radius 3 is 1.88 bits per heavy atom. The minimum Gasteiger partial charge on any atom is -0.465 e. The van der Waals surface area contributed by atoms with Crippen LogP contribution in [0, 0.1) is 0 Å². The summed E-state index contributed by atoms with van der Waals surface area (Å²) >= 11 is 0. The van der Waals surface area contributed by atoms with Crippen LogP contribution in [-0.4, -0.2) is 5.11 Å². The van der Waals surface area contributed by atoms with Gasteiger partial charge in [0.15, 0.2) is 11.4 Å². The van der Waals surface area contributed by atoms with Gasteiger partial charge in [0.2, 0.25) is 0 Å². The van der Waals surface area contributed by atoms with Crippen LogP contribution >= 0.6 is 0 Å². The molecule has 0 spiro atoms. The van der Waals surface area contributed by atoms with E-state index in [1.807, 2.05) is 12.1 Å². The lowest BCUT2D eigenvalue weighted by Gasteiger charge is -2.29. The van der Waals surface area contributed by atoms with E-state index in [1.165, 1.54) is 43.8 Å². The van der Waals surface area contributed by atoms with Crippen LogP contribution in [-0.2, 0) is 16.4 Å². The fourth-order valence-corrected chi connectivity index (χ4v) is 10.8. The van der Waals surface area contributed by atoms with E-state index >= 15 is 0 Å². The van der Waals surface area contributed by atoms with Crippen molar-refractivity contribution in [2.45, 2.75) is 51.0 Å². The molecule has 0 fully saturated rings. The van der Waals surface area contributed by atoms with E-state index in [0.29, 0.717) is 5.76 Å². The predicted molar refractivity (Wildman–Crippen MR) is 270 cm³/mol. The van der Waals surface area contributed by atoms with Crippen LogP contribution in [0.15, 0.2) is 205 Å². The van der Waals surface area contributed by atoms with E-state index in [2.05, 4.69) is 222 Å². The first-order chi connectivity index (χ1) is 31.5. The van der Waals surface area contributed by atoms with Crippen LogP contribution in [0.4, 0.5) is 17.1 Å². The van der Waals surface area contributed by atoms with E-state index in [9.17, 15) is 5.11 Å². The van der Waals surface area contributed by atoms with E-state index in [0.717, 1.165) is 67.1 Å². The summed E-state index contributed by atoms with van der Waals surface area (Å²) in [4.78, 5) is 2.38. The number of furan rings is 1. The number of anilines is 3. The summed E-state index contributed by atoms with van der Waals surface area (Å²) in [6.45, 7) is 11.3.